The average Bonchev–Trinajstić information content (AvgIpc) is 2.75. The maximum atomic E-state index is 12.7. The van der Waals surface area contributed by atoms with Crippen LogP contribution in [0.15, 0.2) is 48.5 Å². The number of ether oxygens (including phenoxy) is 2. The van der Waals surface area contributed by atoms with E-state index in [1.807, 2.05) is 48.5 Å². The Bertz CT molecular complexity index is 996. The predicted molar refractivity (Wildman–Crippen MR) is 121 cm³/mol. The highest BCUT2D eigenvalue weighted by Gasteiger charge is 2.22. The Labute approximate surface area is 179 Å². The van der Waals surface area contributed by atoms with Crippen molar-refractivity contribution in [3.63, 3.8) is 0 Å². The van der Waals surface area contributed by atoms with Crippen molar-refractivity contribution < 1.29 is 14.3 Å². The minimum Gasteiger partial charge on any atom is -0.489 e. The van der Waals surface area contributed by atoms with Crippen LogP contribution in [-0.4, -0.2) is 18.1 Å². The first-order chi connectivity index (χ1) is 14.5. The van der Waals surface area contributed by atoms with Gasteiger partial charge >= 0.3 is 5.97 Å². The Kier molecular flexibility index (Phi) is 7.45. The molecule has 158 valence electrons. The Morgan fingerprint density at radius 1 is 1.10 bits per heavy atom. The molecule has 3 rings (SSSR count). The number of carbonyl (C=O) groups excluding carboxylic acids is 1. The smallest absolute Gasteiger partial charge is 0.340 e. The van der Waals surface area contributed by atoms with Crippen LogP contribution < -0.4 is 4.74 Å². The number of fused-ring (bicyclic) bond motifs is 1. The van der Waals surface area contributed by atoms with Gasteiger partial charge in [0.2, 0.25) is 0 Å². The molecule has 0 amide bonds. The van der Waals surface area contributed by atoms with Gasteiger partial charge in [-0.1, -0.05) is 57.5 Å². The van der Waals surface area contributed by atoms with Gasteiger partial charge in [0, 0.05) is 5.39 Å². The van der Waals surface area contributed by atoms with E-state index in [4.69, 9.17) is 14.5 Å². The summed E-state index contributed by atoms with van der Waals surface area (Å²) in [4.78, 5) is 17.6. The third kappa shape index (κ3) is 5.18. The SMILES string of the molecule is CCCCc1c(C(=O)OC)c(CC(C)C)nc2ccc(OCc3ccccc3)cc12. The fourth-order valence-electron chi connectivity index (χ4n) is 3.69. The topological polar surface area (TPSA) is 48.4 Å². The van der Waals surface area contributed by atoms with Gasteiger partial charge in [0.15, 0.2) is 0 Å². The average molecular weight is 406 g/mol. The summed E-state index contributed by atoms with van der Waals surface area (Å²) in [6.45, 7) is 6.93. The Morgan fingerprint density at radius 2 is 1.87 bits per heavy atom. The fraction of sp³-hybridized carbons (Fsp3) is 0.385. The number of pyridine rings is 1. The summed E-state index contributed by atoms with van der Waals surface area (Å²) in [7, 11) is 1.44. The first-order valence-electron chi connectivity index (χ1n) is 10.7. The maximum Gasteiger partial charge on any atom is 0.340 e. The molecule has 0 saturated heterocycles. The van der Waals surface area contributed by atoms with Crippen molar-refractivity contribution in [1.29, 1.82) is 0 Å². The monoisotopic (exact) mass is 405 g/mol. The van der Waals surface area contributed by atoms with Gasteiger partial charge in [0.25, 0.3) is 0 Å². The summed E-state index contributed by atoms with van der Waals surface area (Å²) in [5, 5.41) is 0.974. The van der Waals surface area contributed by atoms with Gasteiger partial charge in [-0.2, -0.15) is 0 Å². The van der Waals surface area contributed by atoms with Gasteiger partial charge in [-0.05, 0) is 54.5 Å². The lowest BCUT2D eigenvalue weighted by Gasteiger charge is -2.17. The molecule has 0 bridgehead atoms. The summed E-state index contributed by atoms with van der Waals surface area (Å²) >= 11 is 0. The normalized spacial score (nSPS) is 11.1. The molecule has 0 aliphatic carbocycles. The molecule has 3 aromatic rings. The van der Waals surface area contributed by atoms with E-state index < -0.39 is 0 Å². The minimum absolute atomic E-state index is 0.304. The highest BCUT2D eigenvalue weighted by atomic mass is 16.5. The minimum atomic E-state index is -0.304. The third-order valence-corrected chi connectivity index (χ3v) is 5.16. The molecule has 30 heavy (non-hydrogen) atoms. The number of methoxy groups -OCH3 is 1. The Hall–Kier alpha value is -2.88. The zero-order valence-corrected chi connectivity index (χ0v) is 18.4. The molecule has 0 fully saturated rings. The molecule has 0 N–H and O–H groups in total. The highest BCUT2D eigenvalue weighted by molar-refractivity contribution is 5.98. The summed E-state index contributed by atoms with van der Waals surface area (Å²) in [5.74, 6) is 0.867. The van der Waals surface area contributed by atoms with Crippen LogP contribution in [0.25, 0.3) is 10.9 Å². The zero-order valence-electron chi connectivity index (χ0n) is 18.4. The van der Waals surface area contributed by atoms with Crippen molar-refractivity contribution in [3.8, 4) is 5.75 Å². The van der Waals surface area contributed by atoms with Crippen LogP contribution in [0.5, 0.6) is 5.75 Å². The fourth-order valence-corrected chi connectivity index (χ4v) is 3.69. The Balaban J connectivity index is 2.07. The second-order valence-electron chi connectivity index (χ2n) is 8.06. The molecule has 1 aromatic heterocycles. The van der Waals surface area contributed by atoms with Crippen LogP contribution in [0.3, 0.4) is 0 Å². The number of aromatic nitrogens is 1. The van der Waals surface area contributed by atoms with E-state index in [1.54, 1.807) is 0 Å². The van der Waals surface area contributed by atoms with Crippen molar-refractivity contribution in [3.05, 3.63) is 70.9 Å². The number of hydrogen-bond donors (Lipinski definition) is 0. The van der Waals surface area contributed by atoms with Crippen molar-refractivity contribution in [2.75, 3.05) is 7.11 Å². The van der Waals surface area contributed by atoms with Crippen molar-refractivity contribution in [2.24, 2.45) is 5.92 Å². The number of hydrogen-bond acceptors (Lipinski definition) is 4. The molecule has 0 aliphatic rings. The first-order valence-corrected chi connectivity index (χ1v) is 10.7. The van der Waals surface area contributed by atoms with E-state index in [1.165, 1.54) is 7.11 Å². The second kappa shape index (κ2) is 10.2. The lowest BCUT2D eigenvalue weighted by molar-refractivity contribution is 0.0597. The lowest BCUT2D eigenvalue weighted by atomic mass is 9.93. The molecule has 0 unspecified atom stereocenters. The predicted octanol–water partition coefficient (Wildman–Crippen LogP) is 6.14. The maximum absolute atomic E-state index is 12.7. The van der Waals surface area contributed by atoms with Crippen LogP contribution in [0, 0.1) is 5.92 Å². The molecule has 0 atom stereocenters. The van der Waals surface area contributed by atoms with Gasteiger partial charge in [-0.25, -0.2) is 4.79 Å². The molecule has 1 heterocycles. The van der Waals surface area contributed by atoms with E-state index in [9.17, 15) is 4.79 Å². The molecular formula is C26H31NO3. The molecule has 0 aliphatic heterocycles. The third-order valence-electron chi connectivity index (χ3n) is 5.16. The largest absolute Gasteiger partial charge is 0.489 e. The second-order valence-corrected chi connectivity index (χ2v) is 8.06. The van der Waals surface area contributed by atoms with Crippen LogP contribution in [0.1, 0.15) is 60.8 Å². The summed E-state index contributed by atoms with van der Waals surface area (Å²) in [5.41, 5.74) is 4.50. The summed E-state index contributed by atoms with van der Waals surface area (Å²) in [6, 6.07) is 16.1. The number of nitrogens with zero attached hydrogens (tertiary/aromatic N) is 1. The van der Waals surface area contributed by atoms with Gasteiger partial charge in [0.1, 0.15) is 12.4 Å². The Morgan fingerprint density at radius 3 is 2.53 bits per heavy atom. The van der Waals surface area contributed by atoms with E-state index in [-0.39, 0.29) is 5.97 Å². The lowest BCUT2D eigenvalue weighted by Crippen LogP contribution is -2.14. The van der Waals surface area contributed by atoms with Crippen molar-refractivity contribution in [1.82, 2.24) is 4.98 Å². The number of rotatable bonds is 9. The molecule has 4 nitrogen and oxygen atoms in total. The van der Waals surface area contributed by atoms with E-state index in [2.05, 4.69) is 20.8 Å². The van der Waals surface area contributed by atoms with Gasteiger partial charge in [-0.15, -0.1) is 0 Å². The molecule has 0 saturated carbocycles. The number of carbonyl (C=O) groups is 1. The number of unbranched alkanes of at least 4 members (excludes halogenated alkanes) is 1. The quantitative estimate of drug-likeness (QED) is 0.401. The summed E-state index contributed by atoms with van der Waals surface area (Å²) in [6.07, 6.45) is 3.60. The van der Waals surface area contributed by atoms with Crippen LogP contribution in [0.4, 0.5) is 0 Å². The van der Waals surface area contributed by atoms with E-state index in [0.29, 0.717) is 18.1 Å². The number of aryl methyl sites for hydroxylation is 1. The number of esters is 1. The number of benzene rings is 2. The standard InChI is InChI=1S/C26H31NO3/c1-5-6-12-21-22-16-20(30-17-19-10-8-7-9-11-19)13-14-23(22)27-24(15-18(2)3)25(21)26(28)29-4/h7-11,13-14,16,18H,5-6,12,15,17H2,1-4H3. The van der Waals surface area contributed by atoms with Gasteiger partial charge in [0.05, 0.1) is 23.9 Å². The van der Waals surface area contributed by atoms with Crippen LogP contribution >= 0.6 is 0 Å². The first kappa shape index (κ1) is 21.8. The van der Waals surface area contributed by atoms with Gasteiger partial charge < -0.3 is 9.47 Å². The van der Waals surface area contributed by atoms with E-state index >= 15 is 0 Å². The molecule has 4 heteroatoms. The van der Waals surface area contributed by atoms with Crippen LogP contribution in [0.2, 0.25) is 0 Å². The highest BCUT2D eigenvalue weighted by Crippen LogP contribution is 2.30. The van der Waals surface area contributed by atoms with Crippen LogP contribution in [-0.2, 0) is 24.2 Å². The molecular weight excluding hydrogens is 374 g/mol. The van der Waals surface area contributed by atoms with Crippen molar-refractivity contribution in [2.45, 2.75) is 53.1 Å². The molecule has 2 aromatic carbocycles. The van der Waals surface area contributed by atoms with Crippen molar-refractivity contribution >= 4 is 16.9 Å². The molecule has 0 spiro atoms. The van der Waals surface area contributed by atoms with Gasteiger partial charge in [-0.3, -0.25) is 4.98 Å². The summed E-state index contributed by atoms with van der Waals surface area (Å²) < 4.78 is 11.2. The molecule has 0 radical (unpaired) electrons. The zero-order chi connectivity index (χ0) is 21.5. The van der Waals surface area contributed by atoms with E-state index in [0.717, 1.165) is 59.2 Å².